The Balaban J connectivity index is 1.95. The van der Waals surface area contributed by atoms with E-state index < -0.39 is 5.82 Å². The van der Waals surface area contributed by atoms with Crippen molar-refractivity contribution in [3.05, 3.63) is 65.5 Å². The third kappa shape index (κ3) is 3.67. The minimum absolute atomic E-state index is 0.0287. The molecule has 0 N–H and O–H groups in total. The van der Waals surface area contributed by atoms with Crippen LogP contribution in [0.25, 0.3) is 0 Å². The maximum absolute atomic E-state index is 13.9. The normalized spacial score (nSPS) is 10.3. The Bertz CT molecular complexity index is 579. The molecule has 0 aliphatic heterocycles. The molecule has 104 valence electrons. The number of hydrogen-bond acceptors (Lipinski definition) is 2. The van der Waals surface area contributed by atoms with E-state index in [0.717, 1.165) is 5.56 Å². The maximum atomic E-state index is 13.9. The molecule has 20 heavy (non-hydrogen) atoms. The molecule has 0 unspecified atom stereocenters. The molecule has 0 saturated carbocycles. The molecule has 0 amide bonds. The molecule has 2 nitrogen and oxygen atoms in total. The second kappa shape index (κ2) is 6.85. The van der Waals surface area contributed by atoms with Gasteiger partial charge in [0.15, 0.2) is 11.6 Å². The average Bonchev–Trinajstić information content (AvgIpc) is 2.48. The van der Waals surface area contributed by atoms with E-state index in [9.17, 15) is 9.18 Å². The first-order valence-electron chi connectivity index (χ1n) is 6.57. The lowest BCUT2D eigenvalue weighted by molar-refractivity contribution is -0.118. The lowest BCUT2D eigenvalue weighted by atomic mass is 10.0. The molecule has 0 atom stereocenters. The van der Waals surface area contributed by atoms with Crippen molar-refractivity contribution in [1.82, 2.24) is 0 Å². The number of methoxy groups -OCH3 is 1. The third-order valence-corrected chi connectivity index (χ3v) is 3.19. The SMILES string of the molecule is COc1cccc(CC(=O)CCc2ccccc2)c1F. The van der Waals surface area contributed by atoms with Crippen molar-refractivity contribution in [1.29, 1.82) is 0 Å². The fourth-order valence-electron chi connectivity index (χ4n) is 2.08. The van der Waals surface area contributed by atoms with Crippen LogP contribution < -0.4 is 4.74 Å². The first-order valence-corrected chi connectivity index (χ1v) is 6.57. The van der Waals surface area contributed by atoms with E-state index in [0.29, 0.717) is 18.4 Å². The van der Waals surface area contributed by atoms with Gasteiger partial charge in [-0.25, -0.2) is 4.39 Å². The Morgan fingerprint density at radius 2 is 1.85 bits per heavy atom. The number of carbonyl (C=O) groups excluding carboxylic acids is 1. The summed E-state index contributed by atoms with van der Waals surface area (Å²) in [4.78, 5) is 11.9. The summed E-state index contributed by atoms with van der Waals surface area (Å²) in [5.41, 5.74) is 1.51. The van der Waals surface area contributed by atoms with Gasteiger partial charge in [-0.1, -0.05) is 42.5 Å². The van der Waals surface area contributed by atoms with Crippen molar-refractivity contribution < 1.29 is 13.9 Å². The molecule has 2 rings (SSSR count). The van der Waals surface area contributed by atoms with E-state index in [-0.39, 0.29) is 18.0 Å². The largest absolute Gasteiger partial charge is 0.494 e. The van der Waals surface area contributed by atoms with Gasteiger partial charge < -0.3 is 4.74 Å². The van der Waals surface area contributed by atoms with Gasteiger partial charge in [0.25, 0.3) is 0 Å². The monoisotopic (exact) mass is 272 g/mol. The molecule has 0 radical (unpaired) electrons. The molecule has 2 aromatic carbocycles. The van der Waals surface area contributed by atoms with Gasteiger partial charge in [-0.3, -0.25) is 4.79 Å². The van der Waals surface area contributed by atoms with Gasteiger partial charge in [-0.15, -0.1) is 0 Å². The number of halogens is 1. The number of benzene rings is 2. The van der Waals surface area contributed by atoms with Crippen molar-refractivity contribution >= 4 is 5.78 Å². The highest BCUT2D eigenvalue weighted by atomic mass is 19.1. The first-order chi connectivity index (χ1) is 9.70. The Morgan fingerprint density at radius 1 is 1.10 bits per heavy atom. The van der Waals surface area contributed by atoms with Crippen LogP contribution in [0, 0.1) is 5.82 Å². The predicted octanol–water partition coefficient (Wildman–Crippen LogP) is 3.58. The lowest BCUT2D eigenvalue weighted by Gasteiger charge is -2.07. The summed E-state index contributed by atoms with van der Waals surface area (Å²) in [6.07, 6.45) is 1.21. The zero-order valence-corrected chi connectivity index (χ0v) is 11.4. The van der Waals surface area contributed by atoms with Crippen LogP contribution in [0.5, 0.6) is 5.75 Å². The minimum atomic E-state index is -0.442. The van der Waals surface area contributed by atoms with Crippen molar-refractivity contribution in [3.8, 4) is 5.75 Å². The van der Waals surface area contributed by atoms with E-state index in [2.05, 4.69) is 0 Å². The van der Waals surface area contributed by atoms with Crippen LogP contribution in [0.3, 0.4) is 0 Å². The summed E-state index contributed by atoms with van der Waals surface area (Å²) >= 11 is 0. The standard InChI is InChI=1S/C17H17FO2/c1-20-16-9-5-8-14(17(16)18)12-15(19)11-10-13-6-3-2-4-7-13/h2-9H,10-12H2,1H3. The summed E-state index contributed by atoms with van der Waals surface area (Å²) in [7, 11) is 1.42. The molecule has 0 saturated heterocycles. The summed E-state index contributed by atoms with van der Waals surface area (Å²) in [5, 5.41) is 0. The van der Waals surface area contributed by atoms with Crippen LogP contribution in [-0.4, -0.2) is 12.9 Å². The number of rotatable bonds is 6. The van der Waals surface area contributed by atoms with Gasteiger partial charge in [0.1, 0.15) is 5.78 Å². The highest BCUT2D eigenvalue weighted by Crippen LogP contribution is 2.20. The Morgan fingerprint density at radius 3 is 2.55 bits per heavy atom. The van der Waals surface area contributed by atoms with Gasteiger partial charge in [0.2, 0.25) is 0 Å². The van der Waals surface area contributed by atoms with Crippen LogP contribution in [0.15, 0.2) is 48.5 Å². The van der Waals surface area contributed by atoms with Gasteiger partial charge in [0, 0.05) is 12.8 Å². The van der Waals surface area contributed by atoms with Crippen LogP contribution >= 0.6 is 0 Å². The molecular weight excluding hydrogens is 255 g/mol. The van der Waals surface area contributed by atoms with Crippen LogP contribution in [0.2, 0.25) is 0 Å². The van der Waals surface area contributed by atoms with Crippen molar-refractivity contribution in [3.63, 3.8) is 0 Å². The van der Waals surface area contributed by atoms with Gasteiger partial charge >= 0.3 is 0 Å². The van der Waals surface area contributed by atoms with E-state index in [1.54, 1.807) is 18.2 Å². The quantitative estimate of drug-likeness (QED) is 0.803. The fourth-order valence-corrected chi connectivity index (χ4v) is 2.08. The third-order valence-electron chi connectivity index (χ3n) is 3.19. The zero-order valence-electron chi connectivity index (χ0n) is 11.4. The number of ether oxygens (including phenoxy) is 1. The average molecular weight is 272 g/mol. The first kappa shape index (κ1) is 14.3. The molecular formula is C17H17FO2. The topological polar surface area (TPSA) is 26.3 Å². The molecule has 0 aliphatic rings. The Hall–Kier alpha value is -2.16. The molecule has 0 bridgehead atoms. The van der Waals surface area contributed by atoms with Crippen LogP contribution in [0.1, 0.15) is 17.5 Å². The van der Waals surface area contributed by atoms with E-state index in [1.165, 1.54) is 7.11 Å². The Labute approximate surface area is 118 Å². The fraction of sp³-hybridized carbons (Fsp3) is 0.235. The lowest BCUT2D eigenvalue weighted by Crippen LogP contribution is -2.06. The molecule has 0 heterocycles. The molecule has 2 aromatic rings. The summed E-state index contributed by atoms with van der Waals surface area (Å²) in [5.74, 6) is -0.234. The highest BCUT2D eigenvalue weighted by molar-refractivity contribution is 5.81. The molecule has 0 spiro atoms. The van der Waals surface area contributed by atoms with E-state index in [1.807, 2.05) is 30.3 Å². The molecule has 0 aromatic heterocycles. The molecule has 3 heteroatoms. The summed E-state index contributed by atoms with van der Waals surface area (Å²) in [6, 6.07) is 14.7. The van der Waals surface area contributed by atoms with Gasteiger partial charge in [0.05, 0.1) is 7.11 Å². The van der Waals surface area contributed by atoms with Crippen molar-refractivity contribution in [2.45, 2.75) is 19.3 Å². The maximum Gasteiger partial charge on any atom is 0.168 e. The second-order valence-electron chi connectivity index (χ2n) is 4.63. The predicted molar refractivity (Wildman–Crippen MR) is 76.4 cm³/mol. The molecule has 0 aliphatic carbocycles. The van der Waals surface area contributed by atoms with Crippen LogP contribution in [-0.2, 0) is 17.6 Å². The zero-order chi connectivity index (χ0) is 14.4. The Kier molecular flexibility index (Phi) is 4.88. The summed E-state index contributed by atoms with van der Waals surface area (Å²) < 4.78 is 18.8. The smallest absolute Gasteiger partial charge is 0.168 e. The van der Waals surface area contributed by atoms with Gasteiger partial charge in [-0.05, 0) is 23.6 Å². The van der Waals surface area contributed by atoms with Crippen molar-refractivity contribution in [2.75, 3.05) is 7.11 Å². The van der Waals surface area contributed by atoms with Crippen molar-refractivity contribution in [2.24, 2.45) is 0 Å². The number of ketones is 1. The number of Topliss-reactive ketones (excluding diaryl/α,β-unsaturated/α-hetero) is 1. The van der Waals surface area contributed by atoms with E-state index >= 15 is 0 Å². The highest BCUT2D eigenvalue weighted by Gasteiger charge is 2.12. The molecule has 0 fully saturated rings. The van der Waals surface area contributed by atoms with Crippen LogP contribution in [0.4, 0.5) is 4.39 Å². The van der Waals surface area contributed by atoms with Gasteiger partial charge in [-0.2, -0.15) is 0 Å². The summed E-state index contributed by atoms with van der Waals surface area (Å²) in [6.45, 7) is 0. The number of hydrogen-bond donors (Lipinski definition) is 0. The number of aryl methyl sites for hydroxylation is 1. The second-order valence-corrected chi connectivity index (χ2v) is 4.63. The van der Waals surface area contributed by atoms with E-state index in [4.69, 9.17) is 4.74 Å². The minimum Gasteiger partial charge on any atom is -0.494 e. The number of carbonyl (C=O) groups is 1.